The minimum atomic E-state index is -0.109. The van der Waals surface area contributed by atoms with Crippen LogP contribution in [0.3, 0.4) is 0 Å². The number of aryl methyl sites for hydroxylation is 1. The molecule has 1 amide bonds. The van der Waals surface area contributed by atoms with Crippen molar-refractivity contribution in [2.75, 3.05) is 5.32 Å². The summed E-state index contributed by atoms with van der Waals surface area (Å²) in [6.07, 6.45) is 6.48. The predicted octanol–water partition coefficient (Wildman–Crippen LogP) is 3.89. The molecule has 4 rings (SSSR count). The first-order chi connectivity index (χ1) is 12.3. The van der Waals surface area contributed by atoms with Crippen molar-refractivity contribution in [2.24, 2.45) is 0 Å². The molecule has 1 unspecified atom stereocenters. The average Bonchev–Trinajstić information content (AvgIpc) is 3.24. The maximum Gasteiger partial charge on any atom is 0.258 e. The third-order valence-electron chi connectivity index (χ3n) is 4.28. The van der Waals surface area contributed by atoms with E-state index >= 15 is 0 Å². The third-order valence-corrected chi connectivity index (χ3v) is 5.53. The van der Waals surface area contributed by atoms with Crippen molar-refractivity contribution in [3.8, 4) is 0 Å². The fourth-order valence-electron chi connectivity index (χ4n) is 3.01. The zero-order chi connectivity index (χ0) is 17.2. The van der Waals surface area contributed by atoms with E-state index in [2.05, 4.69) is 25.9 Å². The molecule has 0 fully saturated rings. The van der Waals surface area contributed by atoms with Gasteiger partial charge >= 0.3 is 0 Å². The molecule has 3 aromatic heterocycles. The molecule has 0 spiro atoms. The molecule has 1 atom stereocenters. The molecule has 0 saturated heterocycles. The summed E-state index contributed by atoms with van der Waals surface area (Å²) < 4.78 is 2.16. The van der Waals surface area contributed by atoms with E-state index in [0.717, 1.165) is 29.1 Å². The van der Waals surface area contributed by atoms with Crippen LogP contribution < -0.4 is 5.32 Å². The molecule has 0 aliphatic carbocycles. The van der Waals surface area contributed by atoms with E-state index < -0.39 is 0 Å². The van der Waals surface area contributed by atoms with Crippen molar-refractivity contribution in [3.63, 3.8) is 0 Å². The molecule has 4 heterocycles. The van der Waals surface area contributed by atoms with Crippen LogP contribution in [0.2, 0.25) is 0 Å². The molecule has 5 nitrogen and oxygen atoms in total. The van der Waals surface area contributed by atoms with Crippen molar-refractivity contribution in [1.82, 2.24) is 14.5 Å². The summed E-state index contributed by atoms with van der Waals surface area (Å²) >= 11 is 1.80. The second-order valence-electron chi connectivity index (χ2n) is 5.85. The van der Waals surface area contributed by atoms with Gasteiger partial charge in [0.2, 0.25) is 0 Å². The van der Waals surface area contributed by atoms with Gasteiger partial charge in [-0.05, 0) is 30.7 Å². The van der Waals surface area contributed by atoms with E-state index in [0.29, 0.717) is 11.4 Å². The highest BCUT2D eigenvalue weighted by atomic mass is 32.2. The van der Waals surface area contributed by atoms with Crippen LogP contribution in [-0.4, -0.2) is 20.4 Å². The second-order valence-corrected chi connectivity index (χ2v) is 6.92. The quantitative estimate of drug-likeness (QED) is 0.775. The molecule has 0 radical (unpaired) electrons. The molecule has 6 heteroatoms. The number of nitrogens with zero attached hydrogens (tertiary/aromatic N) is 3. The lowest BCUT2D eigenvalue weighted by molar-refractivity contribution is 0.102. The first kappa shape index (κ1) is 15.9. The van der Waals surface area contributed by atoms with E-state index in [9.17, 15) is 4.79 Å². The Labute approximate surface area is 150 Å². The number of hydrogen-bond acceptors (Lipinski definition) is 4. The summed E-state index contributed by atoms with van der Waals surface area (Å²) in [5.41, 5.74) is 3.86. The Bertz CT molecular complexity index is 907. The lowest BCUT2D eigenvalue weighted by atomic mass is 10.2. The minimum Gasteiger partial charge on any atom is -0.333 e. The number of hydrogen-bond donors (Lipinski definition) is 1. The first-order valence-corrected chi connectivity index (χ1v) is 9.29. The monoisotopic (exact) mass is 350 g/mol. The van der Waals surface area contributed by atoms with Gasteiger partial charge in [-0.3, -0.25) is 9.78 Å². The smallest absolute Gasteiger partial charge is 0.258 e. The molecular formula is C19H18N4OS. The summed E-state index contributed by atoms with van der Waals surface area (Å²) in [4.78, 5) is 21.3. The SMILES string of the molecule is CCc1cccc(NC(=O)c2ccn3c2CSC3c2cccnc2)n1. The number of nitrogens with one attached hydrogen (secondary N) is 1. The fraction of sp³-hybridized carbons (Fsp3) is 0.211. The van der Waals surface area contributed by atoms with Gasteiger partial charge in [0.25, 0.3) is 5.91 Å². The van der Waals surface area contributed by atoms with Crippen molar-refractivity contribution in [1.29, 1.82) is 0 Å². The van der Waals surface area contributed by atoms with Gasteiger partial charge in [-0.1, -0.05) is 19.1 Å². The number of pyridine rings is 2. The Kier molecular flexibility index (Phi) is 4.28. The van der Waals surface area contributed by atoms with E-state index in [1.165, 1.54) is 0 Å². The van der Waals surface area contributed by atoms with Crippen molar-refractivity contribution in [2.45, 2.75) is 24.5 Å². The lowest BCUT2D eigenvalue weighted by Gasteiger charge is -2.12. The summed E-state index contributed by atoms with van der Waals surface area (Å²) in [5.74, 6) is 1.29. The van der Waals surface area contributed by atoms with E-state index in [-0.39, 0.29) is 11.3 Å². The Morgan fingerprint density at radius 2 is 2.24 bits per heavy atom. The van der Waals surface area contributed by atoms with Crippen LogP contribution in [0.5, 0.6) is 0 Å². The Balaban J connectivity index is 1.57. The highest BCUT2D eigenvalue weighted by Gasteiger charge is 2.28. The molecule has 3 aromatic rings. The van der Waals surface area contributed by atoms with Crippen LogP contribution in [0.15, 0.2) is 55.0 Å². The van der Waals surface area contributed by atoms with Crippen LogP contribution >= 0.6 is 11.8 Å². The normalized spacial score (nSPS) is 15.8. The first-order valence-electron chi connectivity index (χ1n) is 8.25. The molecule has 25 heavy (non-hydrogen) atoms. The maximum atomic E-state index is 12.7. The van der Waals surface area contributed by atoms with Crippen molar-refractivity contribution >= 4 is 23.5 Å². The molecular weight excluding hydrogens is 332 g/mol. The highest BCUT2D eigenvalue weighted by molar-refractivity contribution is 7.99. The van der Waals surface area contributed by atoms with Crippen LogP contribution in [-0.2, 0) is 12.2 Å². The highest BCUT2D eigenvalue weighted by Crippen LogP contribution is 2.41. The summed E-state index contributed by atoms with van der Waals surface area (Å²) in [6, 6.07) is 11.6. The molecule has 0 saturated carbocycles. The number of fused-ring (bicyclic) bond motifs is 1. The zero-order valence-electron chi connectivity index (χ0n) is 13.8. The second kappa shape index (κ2) is 6.72. The Hall–Kier alpha value is -2.60. The fourth-order valence-corrected chi connectivity index (χ4v) is 4.32. The number of anilines is 1. The average molecular weight is 350 g/mol. The molecule has 0 bridgehead atoms. The summed E-state index contributed by atoms with van der Waals surface area (Å²) in [7, 11) is 0. The van der Waals surface area contributed by atoms with Crippen LogP contribution in [0.1, 0.15) is 39.6 Å². The van der Waals surface area contributed by atoms with E-state index in [4.69, 9.17) is 0 Å². The van der Waals surface area contributed by atoms with Gasteiger partial charge in [0.05, 0.1) is 5.56 Å². The van der Waals surface area contributed by atoms with E-state index in [1.54, 1.807) is 18.0 Å². The standard InChI is InChI=1S/C19H18N4OS/c1-2-14-6-3-7-17(21-14)22-18(24)15-8-10-23-16(15)12-25-19(23)13-5-4-9-20-11-13/h3-11,19H,2,12H2,1H3,(H,21,22,24). The van der Waals surface area contributed by atoms with Gasteiger partial charge in [0.15, 0.2) is 0 Å². The van der Waals surface area contributed by atoms with Crippen LogP contribution in [0.25, 0.3) is 0 Å². The predicted molar refractivity (Wildman–Crippen MR) is 99.7 cm³/mol. The number of rotatable bonds is 4. The number of aromatic nitrogens is 3. The largest absolute Gasteiger partial charge is 0.333 e. The third kappa shape index (κ3) is 3.05. The molecule has 0 aromatic carbocycles. The van der Waals surface area contributed by atoms with Crippen LogP contribution in [0.4, 0.5) is 5.82 Å². The lowest BCUT2D eigenvalue weighted by Crippen LogP contribution is -2.14. The van der Waals surface area contributed by atoms with Crippen LogP contribution in [0, 0.1) is 0 Å². The number of amides is 1. The minimum absolute atomic E-state index is 0.109. The Morgan fingerprint density at radius 3 is 3.04 bits per heavy atom. The van der Waals surface area contributed by atoms with Crippen molar-refractivity contribution < 1.29 is 4.79 Å². The van der Waals surface area contributed by atoms with Gasteiger partial charge in [-0.15, -0.1) is 11.8 Å². The number of carbonyl (C=O) groups excluding carboxylic acids is 1. The number of carbonyl (C=O) groups is 1. The van der Waals surface area contributed by atoms with Crippen molar-refractivity contribution in [3.05, 3.63) is 77.5 Å². The summed E-state index contributed by atoms with van der Waals surface area (Å²) in [6.45, 7) is 2.05. The Morgan fingerprint density at radius 1 is 1.32 bits per heavy atom. The number of thioether (sulfide) groups is 1. The molecule has 1 aliphatic heterocycles. The van der Waals surface area contributed by atoms with Gasteiger partial charge in [0, 0.05) is 41.3 Å². The van der Waals surface area contributed by atoms with Gasteiger partial charge < -0.3 is 9.88 Å². The van der Waals surface area contributed by atoms with Gasteiger partial charge in [0.1, 0.15) is 11.2 Å². The van der Waals surface area contributed by atoms with Gasteiger partial charge in [-0.2, -0.15) is 0 Å². The zero-order valence-corrected chi connectivity index (χ0v) is 14.7. The summed E-state index contributed by atoms with van der Waals surface area (Å²) in [5, 5.41) is 3.09. The maximum absolute atomic E-state index is 12.7. The van der Waals surface area contributed by atoms with E-state index in [1.807, 2.05) is 49.6 Å². The van der Waals surface area contributed by atoms with Gasteiger partial charge in [-0.25, -0.2) is 4.98 Å². The molecule has 1 aliphatic rings. The molecule has 1 N–H and O–H groups in total. The molecule has 126 valence electrons. The topological polar surface area (TPSA) is 59.8 Å².